The Labute approximate surface area is 241 Å². The minimum Gasteiger partial charge on any atom is -0.490 e. The molecule has 2 aromatic carbocycles. The smallest absolute Gasteiger partial charge is 0.224 e. The molecule has 214 valence electrons. The average molecular weight is 554 g/mol. The summed E-state index contributed by atoms with van der Waals surface area (Å²) in [6.45, 7) is 4.68. The molecule has 0 radical (unpaired) electrons. The molecule has 1 saturated heterocycles. The van der Waals surface area contributed by atoms with Gasteiger partial charge in [-0.05, 0) is 56.5 Å². The van der Waals surface area contributed by atoms with E-state index in [1.54, 1.807) is 6.20 Å². The van der Waals surface area contributed by atoms with Gasteiger partial charge in [-0.2, -0.15) is 5.10 Å². The first-order valence-corrected chi connectivity index (χ1v) is 15.0. The van der Waals surface area contributed by atoms with Crippen molar-refractivity contribution >= 4 is 16.8 Å². The van der Waals surface area contributed by atoms with Crippen LogP contribution < -0.4 is 9.47 Å². The molecule has 8 nitrogen and oxygen atoms in total. The SMILES string of the molecule is O=C(CCn1ncc2ccccc21)N1CCC(N2CCCCCCOc3ccccc3Oc3ncccc3C2)CC1. The van der Waals surface area contributed by atoms with E-state index in [1.165, 1.54) is 6.42 Å². The van der Waals surface area contributed by atoms with Gasteiger partial charge in [0, 0.05) is 49.2 Å². The van der Waals surface area contributed by atoms with Gasteiger partial charge in [-0.3, -0.25) is 14.4 Å². The van der Waals surface area contributed by atoms with Crippen LogP contribution in [0, 0.1) is 0 Å². The molecule has 8 heteroatoms. The van der Waals surface area contributed by atoms with Crippen molar-refractivity contribution in [1.82, 2.24) is 24.6 Å². The lowest BCUT2D eigenvalue weighted by molar-refractivity contribution is -0.133. The second kappa shape index (κ2) is 13.2. The van der Waals surface area contributed by atoms with Crippen molar-refractivity contribution in [3.63, 3.8) is 0 Å². The van der Waals surface area contributed by atoms with E-state index in [0.29, 0.717) is 37.2 Å². The summed E-state index contributed by atoms with van der Waals surface area (Å²) in [6.07, 6.45) is 10.6. The van der Waals surface area contributed by atoms with Crippen molar-refractivity contribution in [3.8, 4) is 17.4 Å². The summed E-state index contributed by atoms with van der Waals surface area (Å²) in [5, 5.41) is 5.60. The number of fused-ring (bicyclic) bond motifs is 3. The number of amides is 1. The maximum atomic E-state index is 13.1. The van der Waals surface area contributed by atoms with Crippen LogP contribution in [0.4, 0.5) is 0 Å². The number of aryl methyl sites for hydroxylation is 1. The molecule has 4 heterocycles. The average Bonchev–Trinajstić information content (AvgIpc) is 3.43. The number of aromatic nitrogens is 3. The predicted molar refractivity (Wildman–Crippen MR) is 159 cm³/mol. The molecule has 0 N–H and O–H groups in total. The lowest BCUT2D eigenvalue weighted by atomic mass is 10.0. The Kier molecular flexibility index (Phi) is 8.76. The van der Waals surface area contributed by atoms with E-state index in [9.17, 15) is 4.79 Å². The van der Waals surface area contributed by atoms with Crippen LogP contribution in [0.2, 0.25) is 0 Å². The number of pyridine rings is 1. The number of likely N-dealkylation sites (tertiary alicyclic amines) is 1. The van der Waals surface area contributed by atoms with E-state index >= 15 is 0 Å². The first-order valence-electron chi connectivity index (χ1n) is 15.0. The fraction of sp³-hybridized carbons (Fsp3) is 0.424. The zero-order valence-electron chi connectivity index (χ0n) is 23.7. The van der Waals surface area contributed by atoms with Gasteiger partial charge in [0.2, 0.25) is 11.8 Å². The maximum absolute atomic E-state index is 13.1. The van der Waals surface area contributed by atoms with E-state index in [-0.39, 0.29) is 5.91 Å². The number of hydrogen-bond acceptors (Lipinski definition) is 6. The number of ether oxygens (including phenoxy) is 2. The summed E-state index contributed by atoms with van der Waals surface area (Å²) in [5.41, 5.74) is 2.15. The highest BCUT2D eigenvalue weighted by Crippen LogP contribution is 2.33. The van der Waals surface area contributed by atoms with Gasteiger partial charge in [-0.15, -0.1) is 0 Å². The number of carbonyl (C=O) groups excluding carboxylic acids is 1. The fourth-order valence-electron chi connectivity index (χ4n) is 6.00. The van der Waals surface area contributed by atoms with Gasteiger partial charge in [-0.25, -0.2) is 4.98 Å². The van der Waals surface area contributed by atoms with Crippen LogP contribution in [-0.4, -0.2) is 62.8 Å². The zero-order chi connectivity index (χ0) is 27.9. The molecule has 0 aliphatic carbocycles. The van der Waals surface area contributed by atoms with E-state index in [4.69, 9.17) is 9.47 Å². The molecule has 41 heavy (non-hydrogen) atoms. The molecule has 2 aliphatic heterocycles. The monoisotopic (exact) mass is 553 g/mol. The van der Waals surface area contributed by atoms with Crippen LogP contribution in [0.1, 0.15) is 50.5 Å². The Bertz CT molecular complexity index is 1450. The Morgan fingerprint density at radius 1 is 0.878 bits per heavy atom. The van der Waals surface area contributed by atoms with E-state index in [1.807, 2.05) is 58.2 Å². The first kappa shape index (κ1) is 27.3. The Balaban J connectivity index is 1.10. The molecular weight excluding hydrogens is 514 g/mol. The Morgan fingerprint density at radius 3 is 2.59 bits per heavy atom. The van der Waals surface area contributed by atoms with E-state index < -0.39 is 0 Å². The van der Waals surface area contributed by atoms with Crippen LogP contribution in [0.15, 0.2) is 73.1 Å². The topological polar surface area (TPSA) is 72.7 Å². The highest BCUT2D eigenvalue weighted by molar-refractivity contribution is 5.79. The van der Waals surface area contributed by atoms with Crippen LogP contribution in [0.3, 0.4) is 0 Å². The van der Waals surface area contributed by atoms with Crippen molar-refractivity contribution in [2.75, 3.05) is 26.2 Å². The molecule has 0 spiro atoms. The third-order valence-corrected chi connectivity index (χ3v) is 8.30. The number of benzene rings is 2. The summed E-state index contributed by atoms with van der Waals surface area (Å²) < 4.78 is 14.3. The molecule has 4 aromatic rings. The maximum Gasteiger partial charge on any atom is 0.224 e. The summed E-state index contributed by atoms with van der Waals surface area (Å²) in [4.78, 5) is 22.4. The van der Waals surface area contributed by atoms with Crippen molar-refractivity contribution in [2.24, 2.45) is 0 Å². The number of rotatable bonds is 4. The van der Waals surface area contributed by atoms with Crippen LogP contribution in [-0.2, 0) is 17.9 Å². The lowest BCUT2D eigenvalue weighted by Gasteiger charge is -2.39. The largest absolute Gasteiger partial charge is 0.490 e. The quantitative estimate of drug-likeness (QED) is 0.306. The summed E-state index contributed by atoms with van der Waals surface area (Å²) in [5.74, 6) is 2.30. The predicted octanol–water partition coefficient (Wildman–Crippen LogP) is 6.06. The molecule has 1 fully saturated rings. The second-order valence-electron chi connectivity index (χ2n) is 11.0. The number of carbonyl (C=O) groups is 1. The van der Waals surface area contributed by atoms with Gasteiger partial charge in [0.05, 0.1) is 24.9 Å². The molecule has 2 aliphatic rings. The molecular formula is C33H39N5O3. The molecule has 0 saturated carbocycles. The van der Waals surface area contributed by atoms with Gasteiger partial charge in [0.15, 0.2) is 11.5 Å². The second-order valence-corrected chi connectivity index (χ2v) is 11.0. The normalized spacial score (nSPS) is 17.6. The first-order chi connectivity index (χ1) is 20.2. The third kappa shape index (κ3) is 6.70. The molecule has 1 amide bonds. The molecule has 6 rings (SSSR count). The summed E-state index contributed by atoms with van der Waals surface area (Å²) in [7, 11) is 0. The summed E-state index contributed by atoms with van der Waals surface area (Å²) >= 11 is 0. The number of piperidine rings is 1. The highest BCUT2D eigenvalue weighted by atomic mass is 16.5. The van der Waals surface area contributed by atoms with Gasteiger partial charge in [-0.1, -0.05) is 49.2 Å². The van der Waals surface area contributed by atoms with Crippen molar-refractivity contribution < 1.29 is 14.3 Å². The van der Waals surface area contributed by atoms with Gasteiger partial charge < -0.3 is 14.4 Å². The van der Waals surface area contributed by atoms with Crippen LogP contribution >= 0.6 is 0 Å². The Hall–Kier alpha value is -3.91. The third-order valence-electron chi connectivity index (χ3n) is 8.30. The minimum absolute atomic E-state index is 0.216. The standard InChI is InChI=1S/C33H39N5O3/c39-32(17-22-38-29-12-4-3-10-26(29)24-35-38)36-20-15-28(16-21-36)37-19-7-1-2-8-23-40-30-13-5-6-14-31(30)41-33-27(25-37)11-9-18-34-33/h3-6,9-14,18,24,28H,1-2,7-8,15-17,19-23,25H2. The van der Waals surface area contributed by atoms with Crippen LogP contribution in [0.25, 0.3) is 10.9 Å². The van der Waals surface area contributed by atoms with Crippen molar-refractivity contribution in [2.45, 2.75) is 64.1 Å². The molecule has 0 atom stereocenters. The van der Waals surface area contributed by atoms with Gasteiger partial charge in [0.1, 0.15) is 0 Å². The zero-order valence-corrected chi connectivity index (χ0v) is 23.7. The number of nitrogens with zero attached hydrogens (tertiary/aromatic N) is 5. The van der Waals surface area contributed by atoms with Gasteiger partial charge >= 0.3 is 0 Å². The Morgan fingerprint density at radius 2 is 1.68 bits per heavy atom. The summed E-state index contributed by atoms with van der Waals surface area (Å²) in [6, 6.07) is 20.5. The fourth-order valence-corrected chi connectivity index (χ4v) is 6.00. The van der Waals surface area contributed by atoms with Crippen LogP contribution in [0.5, 0.6) is 17.4 Å². The minimum atomic E-state index is 0.216. The van der Waals surface area contributed by atoms with Gasteiger partial charge in [0.25, 0.3) is 0 Å². The van der Waals surface area contributed by atoms with E-state index in [0.717, 1.165) is 80.5 Å². The molecule has 2 aromatic heterocycles. The highest BCUT2D eigenvalue weighted by Gasteiger charge is 2.28. The number of hydrogen-bond donors (Lipinski definition) is 0. The van der Waals surface area contributed by atoms with Crippen molar-refractivity contribution in [3.05, 3.63) is 78.6 Å². The van der Waals surface area contributed by atoms with Crippen molar-refractivity contribution in [1.29, 1.82) is 0 Å². The molecule has 0 bridgehead atoms. The van der Waals surface area contributed by atoms with E-state index in [2.05, 4.69) is 33.2 Å². The lowest BCUT2D eigenvalue weighted by Crippen LogP contribution is -2.47. The molecule has 0 unspecified atom stereocenters. The number of para-hydroxylation sites is 3.